The Kier molecular flexibility index (Phi) is 9.90. The van der Waals surface area contributed by atoms with Crippen LogP contribution in [0, 0.1) is 0 Å². The molecule has 44 heavy (non-hydrogen) atoms. The number of benzene rings is 3. The summed E-state index contributed by atoms with van der Waals surface area (Å²) in [5, 5.41) is 11.7. The highest BCUT2D eigenvalue weighted by Gasteiger charge is 2.46. The molecule has 2 aliphatic heterocycles. The lowest BCUT2D eigenvalue weighted by Gasteiger charge is -2.27. The van der Waals surface area contributed by atoms with Gasteiger partial charge >= 0.3 is 0 Å². The summed E-state index contributed by atoms with van der Waals surface area (Å²) in [7, 11) is 0. The van der Waals surface area contributed by atoms with E-state index in [9.17, 15) is 14.7 Å². The van der Waals surface area contributed by atoms with Crippen molar-refractivity contribution in [3.63, 3.8) is 0 Å². The van der Waals surface area contributed by atoms with Crippen LogP contribution in [0.3, 0.4) is 0 Å². The van der Waals surface area contributed by atoms with Gasteiger partial charge in [-0.3, -0.25) is 9.59 Å². The summed E-state index contributed by atoms with van der Waals surface area (Å²) in [6.45, 7) is 11.8. The molecule has 1 N–H and O–H groups in total. The zero-order chi connectivity index (χ0) is 31.2. The zero-order valence-electron chi connectivity index (χ0n) is 26.0. The number of carbonyl (C=O) groups is 2. The second-order valence-corrected chi connectivity index (χ2v) is 11.2. The van der Waals surface area contributed by atoms with Crippen LogP contribution in [-0.2, 0) is 22.6 Å². The molecule has 5 rings (SSSR count). The predicted molar refractivity (Wildman–Crippen MR) is 170 cm³/mol. The lowest BCUT2D eigenvalue weighted by molar-refractivity contribution is -0.140. The van der Waals surface area contributed by atoms with Crippen molar-refractivity contribution >= 4 is 17.4 Å². The average molecular weight is 599 g/mol. The van der Waals surface area contributed by atoms with Crippen molar-refractivity contribution in [3.05, 3.63) is 94.6 Å². The molecule has 0 unspecified atom stereocenters. The third-order valence-electron chi connectivity index (χ3n) is 8.30. The number of ether oxygens (including phenoxy) is 3. The molecular weight excluding hydrogens is 556 g/mol. The molecule has 3 aromatic rings. The lowest BCUT2D eigenvalue weighted by Crippen LogP contribution is -2.33. The Labute approximate surface area is 259 Å². The highest BCUT2D eigenvalue weighted by atomic mass is 16.5. The fourth-order valence-corrected chi connectivity index (χ4v) is 6.00. The Hall–Kier alpha value is -4.30. The monoisotopic (exact) mass is 598 g/mol. The van der Waals surface area contributed by atoms with Gasteiger partial charge in [0.05, 0.1) is 18.2 Å². The van der Waals surface area contributed by atoms with E-state index in [-0.39, 0.29) is 17.4 Å². The summed E-state index contributed by atoms with van der Waals surface area (Å²) >= 11 is 0. The fraction of sp³-hybridized carbons (Fsp3) is 0.389. The Balaban J connectivity index is 1.53. The van der Waals surface area contributed by atoms with Gasteiger partial charge in [0.15, 0.2) is 11.5 Å². The third-order valence-corrected chi connectivity index (χ3v) is 8.30. The number of fused-ring (bicyclic) bond motifs is 1. The number of Topliss-reactive ketones (excluding diaryl/α,β-unsaturated/α-hetero) is 1. The molecule has 232 valence electrons. The molecule has 0 radical (unpaired) electrons. The summed E-state index contributed by atoms with van der Waals surface area (Å²) < 4.78 is 17.9. The van der Waals surface area contributed by atoms with E-state index in [0.29, 0.717) is 55.2 Å². The second kappa shape index (κ2) is 14.0. The van der Waals surface area contributed by atoms with Crippen LogP contribution < -0.4 is 14.2 Å². The van der Waals surface area contributed by atoms with E-state index in [2.05, 4.69) is 18.7 Å². The van der Waals surface area contributed by atoms with Crippen LogP contribution in [0.15, 0.2) is 72.3 Å². The molecule has 0 spiro atoms. The van der Waals surface area contributed by atoms with Crippen molar-refractivity contribution in [1.29, 1.82) is 0 Å². The van der Waals surface area contributed by atoms with Crippen LogP contribution in [-0.4, -0.2) is 65.5 Å². The van der Waals surface area contributed by atoms with Gasteiger partial charge in [-0.25, -0.2) is 0 Å². The molecule has 0 aliphatic carbocycles. The first-order valence-electron chi connectivity index (χ1n) is 15.6. The first-order valence-corrected chi connectivity index (χ1v) is 15.6. The Bertz CT molecular complexity index is 1510. The smallest absolute Gasteiger partial charge is 0.295 e. The summed E-state index contributed by atoms with van der Waals surface area (Å²) in [4.78, 5) is 31.1. The molecule has 0 aromatic heterocycles. The van der Waals surface area contributed by atoms with Crippen LogP contribution in [0.25, 0.3) is 5.76 Å². The number of carbonyl (C=O) groups excluding carboxylic acids is 2. The molecule has 8 nitrogen and oxygen atoms in total. The maximum atomic E-state index is 13.6. The molecule has 1 saturated heterocycles. The van der Waals surface area contributed by atoms with Gasteiger partial charge in [0.2, 0.25) is 0 Å². The lowest BCUT2D eigenvalue weighted by atomic mass is 9.94. The zero-order valence-corrected chi connectivity index (χ0v) is 26.0. The maximum Gasteiger partial charge on any atom is 0.295 e. The number of ketones is 1. The van der Waals surface area contributed by atoms with Crippen LogP contribution in [0.2, 0.25) is 0 Å². The number of hydrogen-bond donors (Lipinski definition) is 1. The Morgan fingerprint density at radius 3 is 2.48 bits per heavy atom. The molecule has 3 aromatic carbocycles. The van der Waals surface area contributed by atoms with Gasteiger partial charge in [-0.1, -0.05) is 50.2 Å². The number of amides is 1. The van der Waals surface area contributed by atoms with E-state index in [1.807, 2.05) is 74.5 Å². The van der Waals surface area contributed by atoms with E-state index in [4.69, 9.17) is 14.2 Å². The van der Waals surface area contributed by atoms with Gasteiger partial charge in [0, 0.05) is 18.5 Å². The predicted octanol–water partition coefficient (Wildman–Crippen LogP) is 6.14. The fourth-order valence-electron chi connectivity index (χ4n) is 6.00. The minimum Gasteiger partial charge on any atom is -0.507 e. The van der Waals surface area contributed by atoms with E-state index < -0.39 is 17.7 Å². The molecule has 2 atom stereocenters. The standard InChI is InChI=1S/C36H42N2O6/c1-5-37(6-2)18-11-19-38-33(26-14-17-30(31(22-26)42-7-3)43-23-25-12-9-8-10-13-25)32(35(40)36(38)41)34(39)27-15-16-29-28(21-27)20-24(4)44-29/h8-10,12-17,21-22,24,33,39H,5-7,11,18-20,23H2,1-4H3/b34-32+/t24-,33+/m0/s1. The van der Waals surface area contributed by atoms with Crippen molar-refractivity contribution in [2.75, 3.05) is 32.8 Å². The molecular formula is C36H42N2O6. The summed E-state index contributed by atoms with van der Waals surface area (Å²) in [6.07, 6.45) is 1.44. The van der Waals surface area contributed by atoms with Crippen LogP contribution in [0.5, 0.6) is 17.2 Å². The third kappa shape index (κ3) is 6.60. The molecule has 2 heterocycles. The topological polar surface area (TPSA) is 88.5 Å². The SMILES string of the molecule is CCOc1cc([C@@H]2/C(=C(\O)c3ccc4c(c3)C[C@H](C)O4)C(=O)C(=O)N2CCCN(CC)CC)ccc1OCc1ccccc1. The number of aliphatic hydroxyl groups is 1. The van der Waals surface area contributed by atoms with Gasteiger partial charge in [0.25, 0.3) is 11.7 Å². The van der Waals surface area contributed by atoms with Gasteiger partial charge in [-0.2, -0.15) is 0 Å². The Morgan fingerprint density at radius 2 is 1.75 bits per heavy atom. The second-order valence-electron chi connectivity index (χ2n) is 11.2. The van der Waals surface area contributed by atoms with Gasteiger partial charge in [0.1, 0.15) is 24.2 Å². The van der Waals surface area contributed by atoms with Gasteiger partial charge < -0.3 is 29.1 Å². The molecule has 1 fully saturated rings. The quantitative estimate of drug-likeness (QED) is 0.144. The normalized spacial score (nSPS) is 18.9. The van der Waals surface area contributed by atoms with Crippen molar-refractivity contribution in [2.24, 2.45) is 0 Å². The van der Waals surface area contributed by atoms with E-state index in [1.54, 1.807) is 11.0 Å². The first-order chi connectivity index (χ1) is 21.3. The van der Waals surface area contributed by atoms with Crippen molar-refractivity contribution < 1.29 is 28.9 Å². The van der Waals surface area contributed by atoms with E-state index >= 15 is 0 Å². The number of hydrogen-bond acceptors (Lipinski definition) is 7. The number of likely N-dealkylation sites (tertiary alicyclic amines) is 1. The largest absolute Gasteiger partial charge is 0.507 e. The molecule has 0 bridgehead atoms. The van der Waals surface area contributed by atoms with Crippen LogP contribution in [0.4, 0.5) is 0 Å². The van der Waals surface area contributed by atoms with Gasteiger partial charge in [-0.05, 0) is 86.9 Å². The van der Waals surface area contributed by atoms with Crippen LogP contribution in [0.1, 0.15) is 62.4 Å². The van der Waals surface area contributed by atoms with Gasteiger partial charge in [-0.15, -0.1) is 0 Å². The molecule has 1 amide bonds. The number of aliphatic hydroxyl groups excluding tert-OH is 1. The average Bonchev–Trinajstić information content (AvgIpc) is 3.53. The van der Waals surface area contributed by atoms with E-state index in [1.165, 1.54) is 0 Å². The highest BCUT2D eigenvalue weighted by molar-refractivity contribution is 6.46. The summed E-state index contributed by atoms with van der Waals surface area (Å²) in [6, 6.07) is 20.0. The van der Waals surface area contributed by atoms with Crippen molar-refractivity contribution in [2.45, 2.75) is 59.3 Å². The van der Waals surface area contributed by atoms with Crippen molar-refractivity contribution in [1.82, 2.24) is 9.80 Å². The number of nitrogens with zero attached hydrogens (tertiary/aromatic N) is 2. The van der Waals surface area contributed by atoms with Crippen molar-refractivity contribution in [3.8, 4) is 17.2 Å². The van der Waals surface area contributed by atoms with Crippen LogP contribution >= 0.6 is 0 Å². The molecule has 0 saturated carbocycles. The maximum absolute atomic E-state index is 13.6. The van der Waals surface area contributed by atoms with E-state index in [0.717, 1.165) is 36.5 Å². The highest BCUT2D eigenvalue weighted by Crippen LogP contribution is 2.43. The minimum absolute atomic E-state index is 0.0402. The summed E-state index contributed by atoms with van der Waals surface area (Å²) in [5.74, 6) is 0.350. The minimum atomic E-state index is -0.780. The molecule has 2 aliphatic rings. The summed E-state index contributed by atoms with van der Waals surface area (Å²) in [5.41, 5.74) is 3.22. The first kappa shape index (κ1) is 31.1. The molecule has 8 heteroatoms. The number of rotatable bonds is 13. The Morgan fingerprint density at radius 1 is 0.977 bits per heavy atom.